The van der Waals surface area contributed by atoms with E-state index in [9.17, 15) is 13.6 Å². The Hall–Kier alpha value is -1.53. The Bertz CT molecular complexity index is 448. The number of nitrogens with one attached hydrogen (secondary N) is 2. The van der Waals surface area contributed by atoms with E-state index in [1.54, 1.807) is 0 Å². The molecule has 1 aliphatic rings. The average Bonchev–Trinajstić information content (AvgIpc) is 2.39. The third-order valence-corrected chi connectivity index (χ3v) is 3.07. The smallest absolute Gasteiger partial charge is 0.234 e. The molecule has 0 atom stereocenters. The Morgan fingerprint density at radius 3 is 2.74 bits per heavy atom. The van der Waals surface area contributed by atoms with Crippen molar-refractivity contribution in [3.8, 4) is 0 Å². The van der Waals surface area contributed by atoms with Gasteiger partial charge in [-0.15, -0.1) is 0 Å². The Labute approximate surface area is 110 Å². The zero-order chi connectivity index (χ0) is 13.7. The molecule has 19 heavy (non-hydrogen) atoms. The van der Waals surface area contributed by atoms with Gasteiger partial charge in [-0.2, -0.15) is 0 Å². The molecule has 0 aliphatic carbocycles. The number of carbonyl (C=O) groups is 1. The van der Waals surface area contributed by atoms with Gasteiger partial charge >= 0.3 is 0 Å². The van der Waals surface area contributed by atoms with E-state index in [2.05, 4.69) is 10.6 Å². The Morgan fingerprint density at radius 2 is 2.05 bits per heavy atom. The van der Waals surface area contributed by atoms with Gasteiger partial charge in [0.15, 0.2) is 0 Å². The maximum absolute atomic E-state index is 13.3. The summed E-state index contributed by atoms with van der Waals surface area (Å²) in [6.07, 6.45) is 0. The number of piperazine rings is 1. The fourth-order valence-electron chi connectivity index (χ4n) is 1.99. The Morgan fingerprint density at radius 1 is 1.32 bits per heavy atom. The van der Waals surface area contributed by atoms with Crippen molar-refractivity contribution in [2.75, 3.05) is 32.7 Å². The number of carbonyl (C=O) groups excluding carboxylic acids is 1. The van der Waals surface area contributed by atoms with E-state index in [1.807, 2.05) is 4.90 Å². The largest absolute Gasteiger partial charge is 0.351 e. The molecule has 2 N–H and O–H groups in total. The third kappa shape index (κ3) is 4.25. The van der Waals surface area contributed by atoms with Crippen LogP contribution in [0.25, 0.3) is 0 Å². The summed E-state index contributed by atoms with van der Waals surface area (Å²) in [4.78, 5) is 13.7. The summed E-state index contributed by atoms with van der Waals surface area (Å²) in [5, 5.41) is 5.84. The number of amides is 1. The summed E-state index contributed by atoms with van der Waals surface area (Å²) in [5.41, 5.74) is 0.287. The minimum absolute atomic E-state index is 0.0804. The maximum atomic E-state index is 13.3. The normalized spacial score (nSPS) is 16.3. The van der Waals surface area contributed by atoms with Gasteiger partial charge in [-0.05, 0) is 6.07 Å². The molecule has 0 spiro atoms. The van der Waals surface area contributed by atoms with Crippen LogP contribution in [-0.2, 0) is 11.3 Å². The second-order valence-corrected chi connectivity index (χ2v) is 4.54. The number of nitrogens with zero attached hydrogens (tertiary/aromatic N) is 1. The van der Waals surface area contributed by atoms with Crippen molar-refractivity contribution < 1.29 is 13.6 Å². The molecular weight excluding hydrogens is 252 g/mol. The zero-order valence-electron chi connectivity index (χ0n) is 10.6. The first-order valence-electron chi connectivity index (χ1n) is 6.29. The van der Waals surface area contributed by atoms with E-state index < -0.39 is 11.6 Å². The topological polar surface area (TPSA) is 44.4 Å². The Kier molecular flexibility index (Phi) is 4.81. The van der Waals surface area contributed by atoms with Crippen LogP contribution in [0.5, 0.6) is 0 Å². The maximum Gasteiger partial charge on any atom is 0.234 e. The summed E-state index contributed by atoms with van der Waals surface area (Å²) in [7, 11) is 0. The minimum Gasteiger partial charge on any atom is -0.351 e. The number of benzene rings is 1. The molecular formula is C13H17F2N3O. The van der Waals surface area contributed by atoms with Gasteiger partial charge in [0.2, 0.25) is 5.91 Å². The molecule has 1 aliphatic heterocycles. The van der Waals surface area contributed by atoms with Gasteiger partial charge in [0.05, 0.1) is 6.54 Å². The molecule has 0 saturated carbocycles. The number of rotatable bonds is 4. The molecule has 0 bridgehead atoms. The molecule has 0 aromatic heterocycles. The minimum atomic E-state index is -0.637. The van der Waals surface area contributed by atoms with Crippen LogP contribution in [-0.4, -0.2) is 43.5 Å². The highest BCUT2D eigenvalue weighted by Crippen LogP contribution is 2.08. The van der Waals surface area contributed by atoms with Crippen LogP contribution in [0, 0.1) is 11.6 Å². The van der Waals surface area contributed by atoms with Gasteiger partial charge in [0, 0.05) is 44.4 Å². The fourth-order valence-corrected chi connectivity index (χ4v) is 1.99. The van der Waals surface area contributed by atoms with E-state index in [0.29, 0.717) is 6.54 Å². The van der Waals surface area contributed by atoms with Crippen LogP contribution in [0.3, 0.4) is 0 Å². The van der Waals surface area contributed by atoms with Crippen LogP contribution in [0.2, 0.25) is 0 Å². The lowest BCUT2D eigenvalue weighted by atomic mass is 10.2. The van der Waals surface area contributed by atoms with E-state index in [4.69, 9.17) is 0 Å². The van der Waals surface area contributed by atoms with Crippen molar-refractivity contribution in [3.63, 3.8) is 0 Å². The SMILES string of the molecule is O=C(CN1CCNCC1)NCc1ccc(F)cc1F. The lowest BCUT2D eigenvalue weighted by Crippen LogP contribution is -2.47. The number of hydrogen-bond donors (Lipinski definition) is 2. The van der Waals surface area contributed by atoms with Gasteiger partial charge in [-0.25, -0.2) is 8.78 Å². The molecule has 1 saturated heterocycles. The van der Waals surface area contributed by atoms with E-state index in [0.717, 1.165) is 32.2 Å². The molecule has 1 fully saturated rings. The monoisotopic (exact) mass is 269 g/mol. The summed E-state index contributed by atoms with van der Waals surface area (Å²) >= 11 is 0. The van der Waals surface area contributed by atoms with Crippen molar-refractivity contribution in [2.45, 2.75) is 6.54 Å². The average molecular weight is 269 g/mol. The Balaban J connectivity index is 1.79. The zero-order valence-corrected chi connectivity index (χ0v) is 10.6. The van der Waals surface area contributed by atoms with E-state index in [-0.39, 0.29) is 18.0 Å². The first-order chi connectivity index (χ1) is 9.15. The summed E-state index contributed by atoms with van der Waals surface area (Å²) in [6.45, 7) is 3.80. The van der Waals surface area contributed by atoms with Gasteiger partial charge in [0.25, 0.3) is 0 Å². The number of halogens is 2. The quantitative estimate of drug-likeness (QED) is 0.836. The van der Waals surface area contributed by atoms with Crippen molar-refractivity contribution >= 4 is 5.91 Å². The lowest BCUT2D eigenvalue weighted by molar-refractivity contribution is -0.122. The predicted octanol–water partition coefficient (Wildman–Crippen LogP) is 0.486. The molecule has 0 unspecified atom stereocenters. The van der Waals surface area contributed by atoms with Crippen LogP contribution in [0.15, 0.2) is 18.2 Å². The van der Waals surface area contributed by atoms with Crippen molar-refractivity contribution in [3.05, 3.63) is 35.4 Å². The first-order valence-corrected chi connectivity index (χ1v) is 6.29. The van der Waals surface area contributed by atoms with Crippen molar-refractivity contribution in [1.29, 1.82) is 0 Å². The molecule has 104 valence electrons. The molecule has 4 nitrogen and oxygen atoms in total. The van der Waals surface area contributed by atoms with Gasteiger partial charge in [-0.3, -0.25) is 9.69 Å². The predicted molar refractivity (Wildman–Crippen MR) is 67.5 cm³/mol. The lowest BCUT2D eigenvalue weighted by Gasteiger charge is -2.26. The van der Waals surface area contributed by atoms with Crippen LogP contribution in [0.4, 0.5) is 8.78 Å². The molecule has 1 aromatic rings. The standard InChI is InChI=1S/C13H17F2N3O/c14-11-2-1-10(12(15)7-11)8-17-13(19)9-18-5-3-16-4-6-18/h1-2,7,16H,3-6,8-9H2,(H,17,19). The van der Waals surface area contributed by atoms with Crippen LogP contribution in [0.1, 0.15) is 5.56 Å². The molecule has 0 radical (unpaired) electrons. The summed E-state index contributed by atoms with van der Waals surface area (Å²) in [6, 6.07) is 3.34. The van der Waals surface area contributed by atoms with Gasteiger partial charge < -0.3 is 10.6 Å². The first kappa shape index (κ1) is 13.9. The van der Waals surface area contributed by atoms with Crippen LogP contribution >= 0.6 is 0 Å². The van der Waals surface area contributed by atoms with E-state index in [1.165, 1.54) is 12.1 Å². The highest BCUT2D eigenvalue weighted by molar-refractivity contribution is 5.78. The molecule has 1 amide bonds. The number of hydrogen-bond acceptors (Lipinski definition) is 3. The fraction of sp³-hybridized carbons (Fsp3) is 0.462. The molecule has 1 heterocycles. The van der Waals surface area contributed by atoms with Crippen LogP contribution < -0.4 is 10.6 Å². The van der Waals surface area contributed by atoms with Gasteiger partial charge in [0.1, 0.15) is 11.6 Å². The third-order valence-electron chi connectivity index (χ3n) is 3.07. The highest BCUT2D eigenvalue weighted by atomic mass is 19.1. The van der Waals surface area contributed by atoms with Crippen molar-refractivity contribution in [1.82, 2.24) is 15.5 Å². The molecule has 2 rings (SSSR count). The molecule has 1 aromatic carbocycles. The summed E-state index contributed by atoms with van der Waals surface area (Å²) < 4.78 is 26.1. The highest BCUT2D eigenvalue weighted by Gasteiger charge is 2.13. The second-order valence-electron chi connectivity index (χ2n) is 4.54. The van der Waals surface area contributed by atoms with Gasteiger partial charge in [-0.1, -0.05) is 6.07 Å². The summed E-state index contributed by atoms with van der Waals surface area (Å²) in [5.74, 6) is -1.40. The second kappa shape index (κ2) is 6.58. The van der Waals surface area contributed by atoms with E-state index >= 15 is 0 Å². The van der Waals surface area contributed by atoms with Crippen molar-refractivity contribution in [2.24, 2.45) is 0 Å². The molecule has 6 heteroatoms.